The van der Waals surface area contributed by atoms with Gasteiger partial charge in [0.05, 0.1) is 51.8 Å². The third-order valence-electron chi connectivity index (χ3n) is 7.49. The van der Waals surface area contributed by atoms with Crippen LogP contribution in [-0.4, -0.2) is 85.4 Å². The van der Waals surface area contributed by atoms with Crippen molar-refractivity contribution in [3.05, 3.63) is 114 Å². The van der Waals surface area contributed by atoms with Crippen molar-refractivity contribution in [2.45, 2.75) is 6.92 Å². The van der Waals surface area contributed by atoms with E-state index in [-0.39, 0.29) is 17.0 Å². The Hall–Kier alpha value is -4.34. The number of rotatable bonds is 13. The Kier molecular flexibility index (Phi) is 13.2. The molecule has 0 aromatic heterocycles. The highest BCUT2D eigenvalue weighted by Gasteiger charge is 2.12. The fraction of sp³-hybridized carbons (Fsp3) is 0.297. The molecule has 0 aliphatic rings. The molecule has 0 radical (unpaired) electrons. The van der Waals surface area contributed by atoms with Crippen LogP contribution in [0.15, 0.2) is 117 Å². The summed E-state index contributed by atoms with van der Waals surface area (Å²) in [6.45, 7) is 5.25. The summed E-state index contributed by atoms with van der Waals surface area (Å²) in [5.74, 6) is 0. The van der Waals surface area contributed by atoms with E-state index >= 15 is 0 Å². The van der Waals surface area contributed by atoms with E-state index in [0.29, 0.717) is 0 Å². The molecule has 4 aromatic carbocycles. The van der Waals surface area contributed by atoms with E-state index in [4.69, 9.17) is 0 Å². The largest absolute Gasteiger partial charge is 1.00 e. The monoisotopic (exact) mass is 682 g/mol. The van der Waals surface area contributed by atoms with Crippen molar-refractivity contribution in [1.82, 2.24) is 0 Å². The van der Waals surface area contributed by atoms with Crippen molar-refractivity contribution in [3.8, 4) is 0 Å². The first-order valence-corrected chi connectivity index (χ1v) is 15.4. The van der Waals surface area contributed by atoms with E-state index in [1.807, 2.05) is 64.6 Å². The summed E-state index contributed by atoms with van der Waals surface area (Å²) < 4.78 is 0.944. The van der Waals surface area contributed by atoms with Crippen LogP contribution in [0.4, 0.5) is 28.4 Å². The summed E-state index contributed by atoms with van der Waals surface area (Å²) in [5, 5.41) is 18.0. The van der Waals surface area contributed by atoms with Crippen molar-refractivity contribution >= 4 is 40.4 Å². The van der Waals surface area contributed by atoms with Crippen LogP contribution in [-0.2, 0) is 0 Å². The summed E-state index contributed by atoms with van der Waals surface area (Å²) in [7, 11) is 14.8. The maximum Gasteiger partial charge on any atom is 0.100 e. The minimum Gasteiger partial charge on any atom is -1.00 e. The molecule has 0 N–H and O–H groups in total. The first kappa shape index (κ1) is 36.1. The van der Waals surface area contributed by atoms with Gasteiger partial charge in [-0.15, -0.1) is 5.10 Å². The Morgan fingerprint density at radius 2 is 1.07 bits per heavy atom. The Labute approximate surface area is 285 Å². The molecule has 46 heavy (non-hydrogen) atoms. The summed E-state index contributed by atoms with van der Waals surface area (Å²) in [5.41, 5.74) is 8.83. The van der Waals surface area contributed by atoms with E-state index < -0.39 is 0 Å². The van der Waals surface area contributed by atoms with Gasteiger partial charge in [-0.2, -0.15) is 15.3 Å². The van der Waals surface area contributed by atoms with Crippen molar-refractivity contribution in [2.75, 3.05) is 83.7 Å². The molecule has 0 amide bonds. The third-order valence-corrected chi connectivity index (χ3v) is 7.49. The molecule has 9 heteroatoms. The SMILES string of the molecule is CCN(CC[N+](C)(C)C)c1ccc(N=Nc2ccc(C=NN=C(c3ccc(N(C)C)cc3)c3ccc(N(C)C)cc3)cc2)cc1.[Br-]. The van der Waals surface area contributed by atoms with Crippen molar-refractivity contribution in [1.29, 1.82) is 0 Å². The van der Waals surface area contributed by atoms with Gasteiger partial charge in [-0.25, -0.2) is 0 Å². The Morgan fingerprint density at radius 3 is 1.48 bits per heavy atom. The van der Waals surface area contributed by atoms with Gasteiger partial charge in [0.1, 0.15) is 5.71 Å². The van der Waals surface area contributed by atoms with Gasteiger partial charge in [0, 0.05) is 62.9 Å². The van der Waals surface area contributed by atoms with Crippen molar-refractivity contribution in [3.63, 3.8) is 0 Å². The number of likely N-dealkylation sites (N-methyl/N-ethyl adjacent to an activating group) is 2. The van der Waals surface area contributed by atoms with Gasteiger partial charge in [-0.3, -0.25) is 0 Å². The second-order valence-corrected chi connectivity index (χ2v) is 12.5. The number of quaternary nitrogens is 1. The Morgan fingerprint density at radius 1 is 0.630 bits per heavy atom. The fourth-order valence-corrected chi connectivity index (χ4v) is 4.63. The van der Waals surface area contributed by atoms with Crippen LogP contribution >= 0.6 is 0 Å². The predicted molar refractivity (Wildman–Crippen MR) is 193 cm³/mol. The van der Waals surface area contributed by atoms with E-state index in [1.54, 1.807) is 6.21 Å². The minimum absolute atomic E-state index is 0. The van der Waals surface area contributed by atoms with E-state index in [0.717, 1.165) is 69.3 Å². The maximum absolute atomic E-state index is 4.67. The summed E-state index contributed by atoms with van der Waals surface area (Å²) >= 11 is 0. The van der Waals surface area contributed by atoms with Crippen molar-refractivity contribution < 1.29 is 21.5 Å². The predicted octanol–water partition coefficient (Wildman–Crippen LogP) is 4.64. The highest BCUT2D eigenvalue weighted by atomic mass is 79.9. The molecule has 4 aromatic rings. The Balaban J connectivity index is 0.00000576. The van der Waals surface area contributed by atoms with Crippen LogP contribution in [0.5, 0.6) is 0 Å². The molecule has 0 aliphatic heterocycles. The lowest BCUT2D eigenvalue weighted by atomic mass is 10.0. The zero-order valence-corrected chi connectivity index (χ0v) is 30.0. The molecule has 4 rings (SSSR count). The number of nitrogens with zero attached hydrogens (tertiary/aromatic N) is 8. The molecule has 8 nitrogen and oxygen atoms in total. The van der Waals surface area contributed by atoms with Crippen LogP contribution in [0.1, 0.15) is 23.6 Å². The van der Waals surface area contributed by atoms with E-state index in [1.165, 1.54) is 5.69 Å². The van der Waals surface area contributed by atoms with Gasteiger partial charge in [-0.1, -0.05) is 36.4 Å². The zero-order chi connectivity index (χ0) is 32.4. The number of hydrogen-bond donors (Lipinski definition) is 0. The average molecular weight is 684 g/mol. The number of benzene rings is 4. The molecular weight excluding hydrogens is 636 g/mol. The van der Waals surface area contributed by atoms with Gasteiger partial charge in [0.15, 0.2) is 0 Å². The van der Waals surface area contributed by atoms with E-state index in [2.05, 4.69) is 124 Å². The Bertz CT molecular complexity index is 1530. The van der Waals surface area contributed by atoms with Gasteiger partial charge >= 0.3 is 0 Å². The molecule has 0 fully saturated rings. The second-order valence-electron chi connectivity index (χ2n) is 12.5. The van der Waals surface area contributed by atoms with Gasteiger partial charge in [0.2, 0.25) is 0 Å². The quantitative estimate of drug-likeness (QED) is 0.0894. The van der Waals surface area contributed by atoms with Gasteiger partial charge in [0.25, 0.3) is 0 Å². The first-order chi connectivity index (χ1) is 21.5. The van der Waals surface area contributed by atoms with Crippen LogP contribution in [0.3, 0.4) is 0 Å². The van der Waals surface area contributed by atoms with E-state index in [9.17, 15) is 0 Å². The van der Waals surface area contributed by atoms with Gasteiger partial charge < -0.3 is 36.2 Å². The molecule has 0 spiro atoms. The second kappa shape index (κ2) is 16.8. The van der Waals surface area contributed by atoms with Crippen LogP contribution in [0.2, 0.25) is 0 Å². The van der Waals surface area contributed by atoms with Crippen molar-refractivity contribution in [2.24, 2.45) is 20.4 Å². The molecule has 0 unspecified atom stereocenters. The number of hydrogen-bond acceptors (Lipinski definition) is 7. The number of azo groups is 1. The van der Waals surface area contributed by atoms with Crippen LogP contribution in [0.25, 0.3) is 0 Å². The third kappa shape index (κ3) is 10.6. The van der Waals surface area contributed by atoms with Crippen LogP contribution in [0, 0.1) is 0 Å². The maximum atomic E-state index is 4.67. The molecule has 0 heterocycles. The lowest BCUT2D eigenvalue weighted by Crippen LogP contribution is -3.00. The molecule has 0 aliphatic carbocycles. The number of anilines is 3. The average Bonchev–Trinajstić information content (AvgIpc) is 3.03. The summed E-state index contributed by atoms with van der Waals surface area (Å²) in [6, 6.07) is 32.8. The minimum atomic E-state index is 0. The number of halogens is 1. The normalized spacial score (nSPS) is 11.4. The fourth-order valence-electron chi connectivity index (χ4n) is 4.63. The topological polar surface area (TPSA) is 59.2 Å². The zero-order valence-electron chi connectivity index (χ0n) is 28.4. The molecule has 0 bridgehead atoms. The summed E-state index contributed by atoms with van der Waals surface area (Å²) in [6.07, 6.45) is 1.76. The molecule has 242 valence electrons. The highest BCUT2D eigenvalue weighted by molar-refractivity contribution is 6.13. The molecule has 0 saturated carbocycles. The lowest BCUT2D eigenvalue weighted by Gasteiger charge is -2.29. The standard InChI is InChI=1S/C37H47N8.BrH/c1-9-44(26-27-45(6,7)8)36-24-18-33(19-25-36)40-39-32-16-10-29(11-17-32)28-38-41-37(30-12-20-34(21-13-30)42(2)3)31-14-22-35(23-15-31)43(4)5;/h10-25,28H,9,26-27H2,1-8H3;1H/q+1;/p-1. The summed E-state index contributed by atoms with van der Waals surface area (Å²) in [4.78, 5) is 6.55. The first-order valence-electron chi connectivity index (χ1n) is 15.4. The molecular formula is C37H47BrN8. The smallest absolute Gasteiger partial charge is 0.100 e. The lowest BCUT2D eigenvalue weighted by molar-refractivity contribution is -0.868. The van der Waals surface area contributed by atoms with Gasteiger partial charge in [-0.05, 0) is 73.2 Å². The van der Waals surface area contributed by atoms with Crippen LogP contribution < -0.4 is 31.7 Å². The highest BCUT2D eigenvalue weighted by Crippen LogP contribution is 2.23. The molecule has 0 atom stereocenters. The molecule has 0 saturated heterocycles.